The lowest BCUT2D eigenvalue weighted by Gasteiger charge is -2.10. The first-order valence-electron chi connectivity index (χ1n) is 5.33. The molecule has 2 rings (SSSR count). The summed E-state index contributed by atoms with van der Waals surface area (Å²) in [5, 5.41) is 6.05. The smallest absolute Gasteiger partial charge is 0.150 e. The van der Waals surface area contributed by atoms with Crippen molar-refractivity contribution in [2.75, 3.05) is 17.7 Å². The number of hydrogen-bond acceptors (Lipinski definition) is 4. The Morgan fingerprint density at radius 1 is 1.22 bits per heavy atom. The van der Waals surface area contributed by atoms with E-state index < -0.39 is 0 Å². The van der Waals surface area contributed by atoms with Gasteiger partial charge in [0.25, 0.3) is 0 Å². The zero-order valence-electron chi connectivity index (χ0n) is 9.96. The van der Waals surface area contributed by atoms with Crippen molar-refractivity contribution in [1.29, 1.82) is 0 Å². The molecule has 0 aliphatic carbocycles. The Labute approximate surface area is 113 Å². The van der Waals surface area contributed by atoms with Crippen LogP contribution in [0.3, 0.4) is 0 Å². The molecule has 0 aliphatic rings. The van der Waals surface area contributed by atoms with Gasteiger partial charge in [0, 0.05) is 12.7 Å². The van der Waals surface area contributed by atoms with Crippen LogP contribution < -0.4 is 10.6 Å². The maximum absolute atomic E-state index is 13.2. The third kappa shape index (κ3) is 2.59. The number of benzene rings is 1. The average Bonchev–Trinajstić information content (AvgIpc) is 2.36. The molecule has 0 amide bonds. The molecule has 1 aromatic heterocycles. The highest BCUT2D eigenvalue weighted by molar-refractivity contribution is 9.10. The molecular formula is C12H12BrFN4. The lowest BCUT2D eigenvalue weighted by atomic mass is 10.2. The fourth-order valence-electron chi connectivity index (χ4n) is 1.49. The Bertz CT molecular complexity index is 574. The highest BCUT2D eigenvalue weighted by Crippen LogP contribution is 2.28. The number of anilines is 3. The molecule has 6 heteroatoms. The van der Waals surface area contributed by atoms with E-state index >= 15 is 0 Å². The average molecular weight is 311 g/mol. The van der Waals surface area contributed by atoms with E-state index in [-0.39, 0.29) is 5.82 Å². The minimum Gasteiger partial charge on any atom is -0.372 e. The summed E-state index contributed by atoms with van der Waals surface area (Å²) in [6, 6.07) is 4.81. The molecule has 1 heterocycles. The van der Waals surface area contributed by atoms with Crippen LogP contribution in [-0.2, 0) is 0 Å². The first kappa shape index (κ1) is 12.8. The van der Waals surface area contributed by atoms with Crippen molar-refractivity contribution in [3.05, 3.63) is 40.4 Å². The molecular weight excluding hydrogens is 299 g/mol. The number of halogens is 2. The fraction of sp³-hybridized carbons (Fsp3) is 0.167. The molecule has 2 aromatic rings. The van der Waals surface area contributed by atoms with Gasteiger partial charge in [0.2, 0.25) is 0 Å². The molecule has 0 bridgehead atoms. The largest absolute Gasteiger partial charge is 0.372 e. The van der Waals surface area contributed by atoms with Gasteiger partial charge < -0.3 is 10.6 Å². The zero-order valence-corrected chi connectivity index (χ0v) is 11.5. The Morgan fingerprint density at radius 3 is 2.61 bits per heavy atom. The number of hydrogen-bond donors (Lipinski definition) is 2. The van der Waals surface area contributed by atoms with E-state index in [1.54, 1.807) is 26.1 Å². The van der Waals surface area contributed by atoms with Crippen molar-refractivity contribution in [2.24, 2.45) is 0 Å². The summed E-state index contributed by atoms with van der Waals surface area (Å²) in [6.07, 6.45) is 1.45. The number of rotatable bonds is 3. The summed E-state index contributed by atoms with van der Waals surface area (Å²) in [7, 11) is 1.78. The second-order valence-electron chi connectivity index (χ2n) is 3.72. The number of nitrogens with zero attached hydrogens (tertiary/aromatic N) is 2. The highest BCUT2D eigenvalue weighted by Gasteiger charge is 2.08. The van der Waals surface area contributed by atoms with Gasteiger partial charge in [-0.25, -0.2) is 14.4 Å². The van der Waals surface area contributed by atoms with Gasteiger partial charge in [-0.15, -0.1) is 0 Å². The quantitative estimate of drug-likeness (QED) is 0.911. The minimum atomic E-state index is -0.224. The molecule has 0 aliphatic heterocycles. The molecule has 0 unspecified atom stereocenters. The molecule has 0 atom stereocenters. The second kappa shape index (κ2) is 5.30. The summed E-state index contributed by atoms with van der Waals surface area (Å²) >= 11 is 3.41. The van der Waals surface area contributed by atoms with Crippen LogP contribution in [0.2, 0.25) is 0 Å². The zero-order chi connectivity index (χ0) is 13.1. The predicted molar refractivity (Wildman–Crippen MR) is 73.7 cm³/mol. The lowest BCUT2D eigenvalue weighted by Crippen LogP contribution is -2.00. The lowest BCUT2D eigenvalue weighted by molar-refractivity contribution is 0.619. The van der Waals surface area contributed by atoms with E-state index in [9.17, 15) is 4.39 Å². The minimum absolute atomic E-state index is 0.224. The van der Waals surface area contributed by atoms with E-state index in [1.807, 2.05) is 0 Å². The second-order valence-corrected chi connectivity index (χ2v) is 4.52. The van der Waals surface area contributed by atoms with Crippen LogP contribution >= 0.6 is 15.9 Å². The number of aromatic nitrogens is 2. The van der Waals surface area contributed by atoms with E-state index in [0.29, 0.717) is 17.2 Å². The van der Waals surface area contributed by atoms with Crippen molar-refractivity contribution in [3.8, 4) is 0 Å². The fourth-order valence-corrected chi connectivity index (χ4v) is 1.99. The molecule has 2 N–H and O–H groups in total. The third-order valence-corrected chi connectivity index (χ3v) is 3.20. The monoisotopic (exact) mass is 310 g/mol. The van der Waals surface area contributed by atoms with Crippen LogP contribution in [0.15, 0.2) is 29.0 Å². The van der Waals surface area contributed by atoms with Gasteiger partial charge in [-0.05, 0) is 46.6 Å². The van der Waals surface area contributed by atoms with Crippen molar-refractivity contribution in [3.63, 3.8) is 0 Å². The van der Waals surface area contributed by atoms with Crippen LogP contribution in [0.1, 0.15) is 5.56 Å². The molecule has 0 spiro atoms. The topological polar surface area (TPSA) is 49.8 Å². The van der Waals surface area contributed by atoms with Crippen molar-refractivity contribution >= 4 is 33.3 Å². The Kier molecular flexibility index (Phi) is 3.76. The van der Waals surface area contributed by atoms with Gasteiger partial charge in [-0.1, -0.05) is 0 Å². The third-order valence-electron chi connectivity index (χ3n) is 2.45. The van der Waals surface area contributed by atoms with Gasteiger partial charge in [0.15, 0.2) is 0 Å². The molecule has 94 valence electrons. The molecule has 4 nitrogen and oxygen atoms in total. The first-order valence-corrected chi connectivity index (χ1v) is 6.12. The molecule has 1 aromatic carbocycles. The molecule has 0 saturated carbocycles. The van der Waals surface area contributed by atoms with E-state index in [1.165, 1.54) is 12.4 Å². The van der Waals surface area contributed by atoms with E-state index in [2.05, 4.69) is 36.5 Å². The number of aryl methyl sites for hydroxylation is 1. The van der Waals surface area contributed by atoms with Crippen molar-refractivity contribution in [1.82, 2.24) is 9.97 Å². The SMILES string of the molecule is CNc1ncnc(Nc2ccc(F)c(C)c2)c1Br. The van der Waals surface area contributed by atoms with Gasteiger partial charge >= 0.3 is 0 Å². The van der Waals surface area contributed by atoms with Crippen LogP contribution in [-0.4, -0.2) is 17.0 Å². The molecule has 0 saturated heterocycles. The standard InChI is InChI=1S/C12H12BrFN4/c1-7-5-8(3-4-9(7)14)18-12-10(13)11(15-2)16-6-17-12/h3-6H,1-2H3,(H2,15,16,17,18). The van der Waals surface area contributed by atoms with Gasteiger partial charge in [0.1, 0.15) is 28.3 Å². The maximum atomic E-state index is 13.2. The summed E-state index contributed by atoms with van der Waals surface area (Å²) in [5.41, 5.74) is 1.36. The van der Waals surface area contributed by atoms with Gasteiger partial charge in [0.05, 0.1) is 0 Å². The number of nitrogens with one attached hydrogen (secondary N) is 2. The molecule has 0 radical (unpaired) electrons. The first-order chi connectivity index (χ1) is 8.61. The van der Waals surface area contributed by atoms with Gasteiger partial charge in [-0.2, -0.15) is 0 Å². The van der Waals surface area contributed by atoms with Crippen molar-refractivity contribution < 1.29 is 4.39 Å². The van der Waals surface area contributed by atoms with Crippen LogP contribution in [0.5, 0.6) is 0 Å². The summed E-state index contributed by atoms with van der Waals surface area (Å²) in [6.45, 7) is 1.72. The Balaban J connectivity index is 2.31. The van der Waals surface area contributed by atoms with Crippen LogP contribution in [0.4, 0.5) is 21.7 Å². The summed E-state index contributed by atoms with van der Waals surface area (Å²) in [5.74, 6) is 1.09. The van der Waals surface area contributed by atoms with Crippen LogP contribution in [0, 0.1) is 12.7 Å². The van der Waals surface area contributed by atoms with E-state index in [0.717, 1.165) is 10.2 Å². The maximum Gasteiger partial charge on any atom is 0.150 e. The van der Waals surface area contributed by atoms with Crippen LogP contribution in [0.25, 0.3) is 0 Å². The van der Waals surface area contributed by atoms with Gasteiger partial charge in [-0.3, -0.25) is 0 Å². The van der Waals surface area contributed by atoms with E-state index in [4.69, 9.17) is 0 Å². The normalized spacial score (nSPS) is 10.2. The highest BCUT2D eigenvalue weighted by atomic mass is 79.9. The summed E-state index contributed by atoms with van der Waals surface area (Å²) in [4.78, 5) is 8.19. The molecule has 18 heavy (non-hydrogen) atoms. The van der Waals surface area contributed by atoms with Crippen molar-refractivity contribution in [2.45, 2.75) is 6.92 Å². The Hall–Kier alpha value is -1.69. The Morgan fingerprint density at radius 2 is 1.94 bits per heavy atom. The predicted octanol–water partition coefficient (Wildman–Crippen LogP) is 3.47. The summed E-state index contributed by atoms with van der Waals surface area (Å²) < 4.78 is 13.9. The molecule has 0 fully saturated rings.